The van der Waals surface area contributed by atoms with Gasteiger partial charge in [0.05, 0.1) is 13.2 Å². The van der Waals surface area contributed by atoms with Crippen molar-refractivity contribution >= 4 is 11.8 Å². The van der Waals surface area contributed by atoms with Crippen molar-refractivity contribution in [3.05, 3.63) is 35.6 Å². The summed E-state index contributed by atoms with van der Waals surface area (Å²) in [6, 6.07) is 6.07. The van der Waals surface area contributed by atoms with Crippen LogP contribution in [0.4, 0.5) is 4.39 Å². The van der Waals surface area contributed by atoms with Crippen molar-refractivity contribution < 1.29 is 18.7 Å². The molecule has 2 aliphatic heterocycles. The Morgan fingerprint density at radius 2 is 1.97 bits per heavy atom. The van der Waals surface area contributed by atoms with Gasteiger partial charge in [-0.3, -0.25) is 19.4 Å². The number of likely N-dealkylation sites (tertiary alicyclic amines) is 1. The Hall–Kier alpha value is -2.07. The first-order valence-corrected chi connectivity index (χ1v) is 11.0. The maximum absolute atomic E-state index is 13.4. The standard InChI is InChI=1S/C22H34FN5O3/c1-17(29)28-16-20(14-21(28)22(30)25-7-6-24)27(9-8-26-10-12-31-13-11-26)15-18-2-4-19(23)5-3-18/h2-5,20-21H,6-16,24H2,1H3,(H,25,30). The van der Waals surface area contributed by atoms with E-state index in [1.807, 2.05) is 0 Å². The van der Waals surface area contributed by atoms with Gasteiger partial charge in [-0.05, 0) is 24.1 Å². The van der Waals surface area contributed by atoms with E-state index in [0.717, 1.165) is 45.0 Å². The minimum absolute atomic E-state index is 0.0450. The van der Waals surface area contributed by atoms with E-state index < -0.39 is 6.04 Å². The summed E-state index contributed by atoms with van der Waals surface area (Å²) in [5.41, 5.74) is 6.52. The Balaban J connectivity index is 1.71. The lowest BCUT2D eigenvalue weighted by molar-refractivity contribution is -0.136. The number of nitrogens with one attached hydrogen (secondary N) is 1. The molecule has 0 saturated carbocycles. The zero-order valence-corrected chi connectivity index (χ0v) is 18.3. The molecule has 0 aliphatic carbocycles. The summed E-state index contributed by atoms with van der Waals surface area (Å²) < 4.78 is 18.8. The van der Waals surface area contributed by atoms with E-state index in [1.165, 1.54) is 19.1 Å². The molecule has 0 bridgehead atoms. The van der Waals surface area contributed by atoms with Crippen molar-refractivity contribution in [1.29, 1.82) is 0 Å². The van der Waals surface area contributed by atoms with Crippen LogP contribution in [0.15, 0.2) is 24.3 Å². The highest BCUT2D eigenvalue weighted by atomic mass is 19.1. The molecule has 8 nitrogen and oxygen atoms in total. The number of ether oxygens (including phenoxy) is 1. The molecule has 3 N–H and O–H groups in total. The minimum Gasteiger partial charge on any atom is -0.379 e. The minimum atomic E-state index is -0.492. The summed E-state index contributed by atoms with van der Waals surface area (Å²) in [6.45, 7) is 8.35. The number of nitrogens with zero attached hydrogens (tertiary/aromatic N) is 3. The molecular formula is C22H34FN5O3. The molecule has 0 radical (unpaired) electrons. The lowest BCUT2D eigenvalue weighted by atomic mass is 10.1. The predicted molar refractivity (Wildman–Crippen MR) is 116 cm³/mol. The zero-order valence-electron chi connectivity index (χ0n) is 18.3. The monoisotopic (exact) mass is 435 g/mol. The van der Waals surface area contributed by atoms with Crippen molar-refractivity contribution in [2.45, 2.75) is 32.0 Å². The van der Waals surface area contributed by atoms with Crippen molar-refractivity contribution in [3.63, 3.8) is 0 Å². The summed E-state index contributed by atoms with van der Waals surface area (Å²) in [7, 11) is 0. The Kier molecular flexibility index (Phi) is 8.77. The Morgan fingerprint density at radius 1 is 1.26 bits per heavy atom. The fourth-order valence-electron chi connectivity index (χ4n) is 4.30. The van der Waals surface area contributed by atoms with Crippen LogP contribution in [0.5, 0.6) is 0 Å². The lowest BCUT2D eigenvalue weighted by Crippen LogP contribution is -2.46. The van der Waals surface area contributed by atoms with Gasteiger partial charge in [-0.25, -0.2) is 4.39 Å². The van der Waals surface area contributed by atoms with Gasteiger partial charge in [-0.2, -0.15) is 0 Å². The molecule has 2 unspecified atom stereocenters. The maximum atomic E-state index is 13.4. The average molecular weight is 436 g/mol. The number of hydrogen-bond acceptors (Lipinski definition) is 6. The maximum Gasteiger partial charge on any atom is 0.242 e. The number of carbonyl (C=O) groups is 2. The third-order valence-electron chi connectivity index (χ3n) is 6.05. The number of carbonyl (C=O) groups excluding carboxylic acids is 2. The van der Waals surface area contributed by atoms with Crippen molar-refractivity contribution in [1.82, 2.24) is 20.0 Å². The molecule has 1 aromatic carbocycles. The van der Waals surface area contributed by atoms with Gasteiger partial charge < -0.3 is 20.7 Å². The van der Waals surface area contributed by atoms with Crippen LogP contribution < -0.4 is 11.1 Å². The van der Waals surface area contributed by atoms with Crippen LogP contribution in [0.25, 0.3) is 0 Å². The second-order valence-electron chi connectivity index (χ2n) is 8.21. The molecule has 0 aromatic heterocycles. The normalized spacial score (nSPS) is 22.1. The number of benzene rings is 1. The molecule has 2 atom stereocenters. The Morgan fingerprint density at radius 3 is 2.61 bits per heavy atom. The number of nitrogens with two attached hydrogens (primary N) is 1. The van der Waals surface area contributed by atoms with Crippen LogP contribution in [0.1, 0.15) is 18.9 Å². The first-order valence-electron chi connectivity index (χ1n) is 11.0. The number of halogens is 1. The van der Waals surface area contributed by atoms with Crippen LogP contribution in [-0.2, 0) is 20.9 Å². The van der Waals surface area contributed by atoms with Gasteiger partial charge >= 0.3 is 0 Å². The summed E-state index contributed by atoms with van der Waals surface area (Å²) >= 11 is 0. The number of hydrogen-bond donors (Lipinski definition) is 2. The third-order valence-corrected chi connectivity index (χ3v) is 6.05. The third kappa shape index (κ3) is 6.70. The summed E-state index contributed by atoms with van der Waals surface area (Å²) in [6.07, 6.45) is 0.570. The highest BCUT2D eigenvalue weighted by Crippen LogP contribution is 2.24. The topological polar surface area (TPSA) is 91.1 Å². The van der Waals surface area contributed by atoms with E-state index in [4.69, 9.17) is 10.5 Å². The number of morpholine rings is 1. The molecule has 31 heavy (non-hydrogen) atoms. The Bertz CT molecular complexity index is 726. The fourth-order valence-corrected chi connectivity index (χ4v) is 4.30. The van der Waals surface area contributed by atoms with E-state index in [1.54, 1.807) is 17.0 Å². The van der Waals surface area contributed by atoms with Crippen LogP contribution in [-0.4, -0.2) is 97.6 Å². The lowest BCUT2D eigenvalue weighted by Gasteiger charge is -2.33. The van der Waals surface area contributed by atoms with E-state index in [9.17, 15) is 14.0 Å². The van der Waals surface area contributed by atoms with Gasteiger partial charge in [-0.1, -0.05) is 12.1 Å². The second-order valence-corrected chi connectivity index (χ2v) is 8.21. The van der Waals surface area contributed by atoms with Crippen LogP contribution in [0, 0.1) is 5.82 Å². The second kappa shape index (κ2) is 11.5. The van der Waals surface area contributed by atoms with E-state index >= 15 is 0 Å². The van der Waals surface area contributed by atoms with Gasteiger partial charge in [-0.15, -0.1) is 0 Å². The molecular weight excluding hydrogens is 401 g/mol. The fraction of sp³-hybridized carbons (Fsp3) is 0.636. The first-order chi connectivity index (χ1) is 15.0. The van der Waals surface area contributed by atoms with Crippen LogP contribution in [0.2, 0.25) is 0 Å². The van der Waals surface area contributed by atoms with Gasteiger partial charge in [0.2, 0.25) is 11.8 Å². The smallest absolute Gasteiger partial charge is 0.242 e. The zero-order chi connectivity index (χ0) is 22.2. The van der Waals surface area contributed by atoms with E-state index in [0.29, 0.717) is 32.6 Å². The van der Waals surface area contributed by atoms with E-state index in [-0.39, 0.29) is 23.7 Å². The summed E-state index contributed by atoms with van der Waals surface area (Å²) in [4.78, 5) is 31.2. The largest absolute Gasteiger partial charge is 0.379 e. The van der Waals surface area contributed by atoms with Crippen molar-refractivity contribution in [2.24, 2.45) is 5.73 Å². The Labute approximate surface area is 183 Å². The summed E-state index contributed by atoms with van der Waals surface area (Å²) in [5, 5.41) is 2.82. The van der Waals surface area contributed by atoms with Crippen molar-refractivity contribution in [2.75, 3.05) is 59.0 Å². The van der Waals surface area contributed by atoms with Crippen molar-refractivity contribution in [3.8, 4) is 0 Å². The molecule has 2 aliphatic rings. The molecule has 3 rings (SSSR count). The molecule has 9 heteroatoms. The van der Waals surface area contributed by atoms with Gasteiger partial charge in [0.1, 0.15) is 11.9 Å². The summed E-state index contributed by atoms with van der Waals surface area (Å²) in [5.74, 6) is -0.521. The van der Waals surface area contributed by atoms with Crippen LogP contribution >= 0.6 is 0 Å². The highest BCUT2D eigenvalue weighted by molar-refractivity contribution is 5.87. The van der Waals surface area contributed by atoms with Gasteiger partial charge in [0, 0.05) is 65.3 Å². The number of amides is 2. The number of rotatable bonds is 9. The molecule has 1 aromatic rings. The van der Waals surface area contributed by atoms with E-state index in [2.05, 4.69) is 15.1 Å². The predicted octanol–water partition coefficient (Wildman–Crippen LogP) is 0.0242. The highest BCUT2D eigenvalue weighted by Gasteiger charge is 2.40. The molecule has 2 saturated heterocycles. The van der Waals surface area contributed by atoms with Gasteiger partial charge in [0.15, 0.2) is 0 Å². The van der Waals surface area contributed by atoms with Crippen LogP contribution in [0.3, 0.4) is 0 Å². The average Bonchev–Trinajstić information content (AvgIpc) is 3.23. The van der Waals surface area contributed by atoms with Gasteiger partial charge in [0.25, 0.3) is 0 Å². The molecule has 172 valence electrons. The molecule has 0 spiro atoms. The molecule has 2 amide bonds. The quantitative estimate of drug-likeness (QED) is 0.569. The first kappa shape index (κ1) is 23.6. The SMILES string of the molecule is CC(=O)N1CC(N(CCN2CCOCC2)Cc2ccc(F)cc2)CC1C(=O)NCCN. The molecule has 2 fully saturated rings. The molecule has 2 heterocycles.